The van der Waals surface area contributed by atoms with Crippen molar-refractivity contribution >= 4 is 5.91 Å². The normalized spacial score (nSPS) is 31.1. The van der Waals surface area contributed by atoms with Gasteiger partial charge >= 0.3 is 0 Å². The highest BCUT2D eigenvalue weighted by atomic mass is 16.5. The Bertz CT molecular complexity index is 1350. The molecule has 1 spiro atoms. The summed E-state index contributed by atoms with van der Waals surface area (Å²) in [5.74, 6) is 8.12. The van der Waals surface area contributed by atoms with Gasteiger partial charge in [-0.2, -0.15) is 0 Å². The quantitative estimate of drug-likeness (QED) is 0.643. The number of benzene rings is 2. The molecule has 5 nitrogen and oxygen atoms in total. The molecule has 1 saturated heterocycles. The lowest BCUT2D eigenvalue weighted by Gasteiger charge is -2.60. The summed E-state index contributed by atoms with van der Waals surface area (Å²) in [7, 11) is 1.88. The Morgan fingerprint density at radius 2 is 2.00 bits per heavy atom. The summed E-state index contributed by atoms with van der Waals surface area (Å²) in [6.07, 6.45) is 6.65. The van der Waals surface area contributed by atoms with Crippen LogP contribution in [0.1, 0.15) is 59.9 Å². The molecule has 2 aromatic rings. The number of carbonyl (C=O) groups excluding carboxylic acids is 1. The molecule has 7 rings (SSSR count). The first-order valence-electron chi connectivity index (χ1n) is 14.0. The fourth-order valence-corrected chi connectivity index (χ4v) is 8.04. The SMILES string of the molecule is Cc1ccc(C#CC(=O)N(C)[C@@H]2CC[C@H]3[C@H]4Cc5ccc(O)c6c5[C@@]3(CCN4CC3CC3)[C@H]2O6)cc1C. The number of carbonyl (C=O) groups is 1. The molecule has 1 amide bonds. The summed E-state index contributed by atoms with van der Waals surface area (Å²) >= 11 is 0. The lowest BCUT2D eigenvalue weighted by atomic mass is 9.51. The first kappa shape index (κ1) is 23.2. The second-order valence-corrected chi connectivity index (χ2v) is 12.2. The Labute approximate surface area is 219 Å². The second kappa shape index (κ2) is 8.27. The number of phenols is 1. The number of hydrogen-bond donors (Lipinski definition) is 1. The van der Waals surface area contributed by atoms with Crippen LogP contribution in [-0.2, 0) is 16.6 Å². The average Bonchev–Trinajstić information content (AvgIpc) is 3.64. The van der Waals surface area contributed by atoms with Crippen molar-refractivity contribution in [3.63, 3.8) is 0 Å². The van der Waals surface area contributed by atoms with Crippen molar-refractivity contribution in [1.82, 2.24) is 9.80 Å². The number of rotatable bonds is 3. The van der Waals surface area contributed by atoms with Crippen LogP contribution < -0.4 is 4.74 Å². The number of likely N-dealkylation sites (N-methyl/N-ethyl adjacent to an activating group) is 1. The van der Waals surface area contributed by atoms with Crippen LogP contribution in [0.5, 0.6) is 11.5 Å². The summed E-state index contributed by atoms with van der Waals surface area (Å²) in [5, 5.41) is 10.8. The predicted octanol–water partition coefficient (Wildman–Crippen LogP) is 4.34. The zero-order chi connectivity index (χ0) is 25.5. The summed E-state index contributed by atoms with van der Waals surface area (Å²) in [6, 6.07) is 10.5. The molecule has 192 valence electrons. The Hall–Kier alpha value is -2.97. The van der Waals surface area contributed by atoms with E-state index in [1.165, 1.54) is 41.6 Å². The average molecular weight is 497 g/mol. The molecule has 3 aliphatic carbocycles. The van der Waals surface area contributed by atoms with Gasteiger partial charge in [-0.05, 0) is 106 Å². The van der Waals surface area contributed by atoms with E-state index in [2.05, 4.69) is 42.7 Å². The highest BCUT2D eigenvalue weighted by Crippen LogP contribution is 2.64. The molecule has 0 radical (unpaired) electrons. The van der Waals surface area contributed by atoms with E-state index in [0.717, 1.165) is 43.7 Å². The van der Waals surface area contributed by atoms with Crippen molar-refractivity contribution in [2.24, 2.45) is 11.8 Å². The van der Waals surface area contributed by atoms with Crippen LogP contribution in [0.2, 0.25) is 0 Å². The first-order chi connectivity index (χ1) is 17.9. The predicted molar refractivity (Wildman–Crippen MR) is 143 cm³/mol. The maximum absolute atomic E-state index is 13.3. The van der Waals surface area contributed by atoms with Gasteiger partial charge in [0.1, 0.15) is 6.10 Å². The molecule has 2 heterocycles. The zero-order valence-electron chi connectivity index (χ0n) is 22.1. The van der Waals surface area contributed by atoms with Crippen LogP contribution in [0.15, 0.2) is 30.3 Å². The van der Waals surface area contributed by atoms with Crippen molar-refractivity contribution in [2.45, 2.75) is 76.0 Å². The molecule has 5 aliphatic rings. The monoisotopic (exact) mass is 496 g/mol. The maximum atomic E-state index is 13.3. The molecule has 2 bridgehead atoms. The lowest BCUT2D eigenvalue weighted by Crippen LogP contribution is -2.69. The summed E-state index contributed by atoms with van der Waals surface area (Å²) < 4.78 is 6.70. The van der Waals surface area contributed by atoms with Crippen LogP contribution in [0.3, 0.4) is 0 Å². The van der Waals surface area contributed by atoms with Gasteiger partial charge in [0.15, 0.2) is 11.5 Å². The number of piperidine rings is 1. The summed E-state index contributed by atoms with van der Waals surface area (Å²) in [4.78, 5) is 17.9. The smallest absolute Gasteiger partial charge is 0.298 e. The van der Waals surface area contributed by atoms with Crippen molar-refractivity contribution in [1.29, 1.82) is 0 Å². The van der Waals surface area contributed by atoms with E-state index in [0.29, 0.717) is 17.7 Å². The molecule has 5 atom stereocenters. The molecule has 0 aromatic heterocycles. The Balaban J connectivity index is 1.22. The van der Waals surface area contributed by atoms with Gasteiger partial charge in [-0.1, -0.05) is 18.1 Å². The van der Waals surface area contributed by atoms with E-state index < -0.39 is 0 Å². The summed E-state index contributed by atoms with van der Waals surface area (Å²) in [6.45, 7) is 6.44. The van der Waals surface area contributed by atoms with Gasteiger partial charge in [-0.15, -0.1) is 0 Å². The lowest BCUT2D eigenvalue weighted by molar-refractivity contribution is -0.134. The Morgan fingerprint density at radius 3 is 2.78 bits per heavy atom. The number of aromatic hydroxyl groups is 1. The third-order valence-electron chi connectivity index (χ3n) is 10.2. The molecule has 2 aromatic carbocycles. The van der Waals surface area contributed by atoms with E-state index in [4.69, 9.17) is 4.74 Å². The van der Waals surface area contributed by atoms with E-state index in [1.54, 1.807) is 0 Å². The molecule has 2 aliphatic heterocycles. The second-order valence-electron chi connectivity index (χ2n) is 12.2. The Morgan fingerprint density at radius 1 is 1.16 bits per heavy atom. The number of amides is 1. The van der Waals surface area contributed by atoms with Gasteiger partial charge in [0.05, 0.1) is 6.04 Å². The topological polar surface area (TPSA) is 53.0 Å². The third-order valence-corrected chi connectivity index (χ3v) is 10.2. The standard InChI is InChI=1S/C32H36N2O3/c1-19-4-5-21(16-20(19)2)8-13-28(36)33(3)25-11-10-24-26-17-23-9-12-27(35)30-29(23)32(24,31(25)37-30)14-15-34(26)18-22-6-7-22/h4-5,9,12,16,22,24-26,31,35H,6-7,10-11,14-15,17-18H2,1-3H3/t24-,25+,26+,31-,32-/m0/s1. The number of nitrogens with zero attached hydrogens (tertiary/aromatic N) is 2. The fraction of sp³-hybridized carbons (Fsp3) is 0.531. The summed E-state index contributed by atoms with van der Waals surface area (Å²) in [5.41, 5.74) is 5.71. The van der Waals surface area contributed by atoms with E-state index in [-0.39, 0.29) is 29.2 Å². The van der Waals surface area contributed by atoms with Gasteiger partial charge in [0, 0.05) is 42.1 Å². The highest BCUT2D eigenvalue weighted by Gasteiger charge is 2.66. The molecule has 3 fully saturated rings. The number of aryl methyl sites for hydroxylation is 2. The third kappa shape index (κ3) is 3.45. The largest absolute Gasteiger partial charge is 0.504 e. The number of phenolic OH excluding ortho intramolecular Hbond substituents is 1. The molecular formula is C32H36N2O3. The zero-order valence-corrected chi connectivity index (χ0v) is 22.1. The minimum absolute atomic E-state index is 0.0637. The number of hydrogen-bond acceptors (Lipinski definition) is 4. The molecular weight excluding hydrogens is 460 g/mol. The van der Waals surface area contributed by atoms with Gasteiger partial charge in [-0.3, -0.25) is 9.69 Å². The van der Waals surface area contributed by atoms with Crippen molar-refractivity contribution in [3.05, 3.63) is 58.1 Å². The number of likely N-dealkylation sites (tertiary alicyclic amines) is 1. The van der Waals surface area contributed by atoms with Gasteiger partial charge in [-0.25, -0.2) is 0 Å². The molecule has 5 heteroatoms. The van der Waals surface area contributed by atoms with Gasteiger partial charge in [0.25, 0.3) is 5.91 Å². The van der Waals surface area contributed by atoms with Crippen LogP contribution >= 0.6 is 0 Å². The minimum Gasteiger partial charge on any atom is -0.504 e. The van der Waals surface area contributed by atoms with Crippen LogP contribution in [0, 0.1) is 37.5 Å². The van der Waals surface area contributed by atoms with Crippen LogP contribution in [0.25, 0.3) is 0 Å². The minimum atomic E-state index is -0.166. The van der Waals surface area contributed by atoms with E-state index in [1.807, 2.05) is 30.1 Å². The Kier molecular flexibility index (Phi) is 5.18. The highest BCUT2D eigenvalue weighted by molar-refractivity contribution is 5.94. The maximum Gasteiger partial charge on any atom is 0.298 e. The number of ether oxygens (including phenoxy) is 1. The molecule has 37 heavy (non-hydrogen) atoms. The van der Waals surface area contributed by atoms with E-state index >= 15 is 0 Å². The van der Waals surface area contributed by atoms with Crippen molar-refractivity contribution < 1.29 is 14.6 Å². The molecule has 2 saturated carbocycles. The van der Waals surface area contributed by atoms with Crippen LogP contribution in [0.4, 0.5) is 0 Å². The molecule has 0 unspecified atom stereocenters. The fourth-order valence-electron chi connectivity index (χ4n) is 8.04. The van der Waals surface area contributed by atoms with Crippen molar-refractivity contribution in [2.75, 3.05) is 20.1 Å². The first-order valence-corrected chi connectivity index (χ1v) is 14.0. The van der Waals surface area contributed by atoms with Gasteiger partial charge < -0.3 is 14.7 Å². The molecule has 1 N–H and O–H groups in total. The van der Waals surface area contributed by atoms with Gasteiger partial charge in [0.2, 0.25) is 0 Å². The van der Waals surface area contributed by atoms with Crippen LogP contribution in [-0.4, -0.2) is 59.1 Å². The van der Waals surface area contributed by atoms with Crippen molar-refractivity contribution in [3.8, 4) is 23.3 Å². The van der Waals surface area contributed by atoms with E-state index in [9.17, 15) is 9.90 Å².